The summed E-state index contributed by atoms with van der Waals surface area (Å²) in [6.45, 7) is 4.71. The Morgan fingerprint density at radius 1 is 0.629 bits per heavy atom. The second kappa shape index (κ2) is 5.67. The first-order valence-corrected chi connectivity index (χ1v) is 12.3. The molecule has 0 radical (unpaired) electrons. The highest BCUT2D eigenvalue weighted by molar-refractivity contribution is 6.35. The van der Waals surface area contributed by atoms with E-state index in [9.17, 15) is 0 Å². The third-order valence-electron chi connectivity index (χ3n) is 8.52. The summed E-state index contributed by atoms with van der Waals surface area (Å²) < 4.78 is 9.12. The van der Waals surface area contributed by atoms with Gasteiger partial charge in [0.05, 0.1) is 21.9 Å². The molecule has 164 valence electrons. The van der Waals surface area contributed by atoms with Gasteiger partial charge in [-0.25, -0.2) is 0 Å². The minimum absolute atomic E-state index is 0.0405. The molecule has 3 aromatic heterocycles. The van der Waals surface area contributed by atoms with E-state index in [0.717, 1.165) is 11.2 Å². The molecule has 0 saturated heterocycles. The summed E-state index contributed by atoms with van der Waals surface area (Å²) in [5, 5.41) is 7.52. The van der Waals surface area contributed by atoms with Crippen LogP contribution in [-0.4, -0.2) is 4.40 Å². The molecule has 0 amide bonds. The van der Waals surface area contributed by atoms with E-state index in [4.69, 9.17) is 4.42 Å². The Morgan fingerprint density at radius 3 is 2.31 bits per heavy atom. The first-order chi connectivity index (χ1) is 17.1. The largest absolute Gasteiger partial charge is 0.455 e. The van der Waals surface area contributed by atoms with Crippen LogP contribution in [0.1, 0.15) is 25.0 Å². The Hall–Kier alpha value is -4.30. The Morgan fingerprint density at radius 2 is 1.40 bits per heavy atom. The fraction of sp³-hybridized carbons (Fsp3) is 0.0909. The number of hydrogen-bond acceptors (Lipinski definition) is 1. The molecule has 1 aliphatic carbocycles. The summed E-state index contributed by atoms with van der Waals surface area (Å²) in [7, 11) is 0. The van der Waals surface area contributed by atoms with Gasteiger partial charge in [-0.15, -0.1) is 0 Å². The maximum atomic E-state index is 6.66. The molecule has 0 saturated carbocycles. The highest BCUT2D eigenvalue weighted by Gasteiger charge is 2.38. The van der Waals surface area contributed by atoms with Crippen LogP contribution in [0.2, 0.25) is 0 Å². The predicted molar refractivity (Wildman–Crippen MR) is 146 cm³/mol. The fourth-order valence-electron chi connectivity index (χ4n) is 7.01. The van der Waals surface area contributed by atoms with Gasteiger partial charge in [-0.05, 0) is 46.5 Å². The van der Waals surface area contributed by atoms with Crippen molar-refractivity contribution in [1.82, 2.24) is 4.40 Å². The maximum Gasteiger partial charge on any atom is 0.145 e. The quantitative estimate of drug-likeness (QED) is 0.227. The maximum absolute atomic E-state index is 6.66. The van der Waals surface area contributed by atoms with Crippen LogP contribution in [0.25, 0.3) is 71.2 Å². The van der Waals surface area contributed by atoms with Gasteiger partial charge in [-0.2, -0.15) is 0 Å². The second-order valence-corrected chi connectivity index (χ2v) is 10.5. The number of para-hydroxylation sites is 2. The van der Waals surface area contributed by atoms with Gasteiger partial charge in [0.15, 0.2) is 0 Å². The van der Waals surface area contributed by atoms with Crippen LogP contribution in [0, 0.1) is 0 Å². The van der Waals surface area contributed by atoms with Crippen molar-refractivity contribution >= 4 is 60.0 Å². The Labute approximate surface area is 201 Å². The summed E-state index contributed by atoms with van der Waals surface area (Å²) in [6, 6.07) is 33.2. The van der Waals surface area contributed by atoms with Crippen LogP contribution >= 0.6 is 0 Å². The molecule has 5 aromatic carbocycles. The Kier molecular flexibility index (Phi) is 2.93. The summed E-state index contributed by atoms with van der Waals surface area (Å²) in [5.41, 5.74) is 11.2. The standard InChI is InChI=1S/C33H21NO/c1-33(2)23-12-6-3-11-20(23)28-24(33)15-16-26-29(28)30-31-21(18-9-4-7-13-25(18)34(26)31)17-22-19-10-5-8-14-27(19)35-32(22)30/h3-17H,1-2H3. The van der Waals surface area contributed by atoms with Crippen LogP contribution in [0.5, 0.6) is 0 Å². The number of benzene rings is 5. The number of nitrogens with zero attached hydrogens (tertiary/aromatic N) is 1. The molecule has 1 aliphatic rings. The molecule has 0 aliphatic heterocycles. The zero-order valence-corrected chi connectivity index (χ0v) is 19.5. The van der Waals surface area contributed by atoms with E-state index in [1.807, 2.05) is 0 Å². The topological polar surface area (TPSA) is 17.6 Å². The minimum atomic E-state index is -0.0405. The highest BCUT2D eigenvalue weighted by Crippen LogP contribution is 2.55. The lowest BCUT2D eigenvalue weighted by Gasteiger charge is -2.21. The molecule has 2 heteroatoms. The molecule has 0 atom stereocenters. The molecular weight excluding hydrogens is 426 g/mol. The number of aromatic nitrogens is 1. The van der Waals surface area contributed by atoms with E-state index in [1.165, 1.54) is 71.1 Å². The molecule has 2 nitrogen and oxygen atoms in total. The smallest absolute Gasteiger partial charge is 0.145 e. The van der Waals surface area contributed by atoms with E-state index in [2.05, 4.69) is 109 Å². The van der Waals surface area contributed by atoms with Gasteiger partial charge in [0.25, 0.3) is 0 Å². The molecule has 9 rings (SSSR count). The van der Waals surface area contributed by atoms with Crippen molar-refractivity contribution in [3.05, 3.63) is 102 Å². The zero-order chi connectivity index (χ0) is 23.1. The Bertz CT molecular complexity index is 2190. The van der Waals surface area contributed by atoms with Crippen LogP contribution < -0.4 is 0 Å². The van der Waals surface area contributed by atoms with Crippen molar-refractivity contribution in [3.8, 4) is 11.1 Å². The van der Waals surface area contributed by atoms with Crippen LogP contribution in [0.3, 0.4) is 0 Å². The summed E-state index contributed by atoms with van der Waals surface area (Å²) >= 11 is 0. The highest BCUT2D eigenvalue weighted by atomic mass is 16.3. The van der Waals surface area contributed by atoms with Crippen molar-refractivity contribution < 1.29 is 4.42 Å². The lowest BCUT2D eigenvalue weighted by Crippen LogP contribution is -2.14. The first-order valence-electron chi connectivity index (χ1n) is 12.3. The van der Waals surface area contributed by atoms with Gasteiger partial charge in [0.2, 0.25) is 0 Å². The average molecular weight is 448 g/mol. The lowest BCUT2D eigenvalue weighted by atomic mass is 9.82. The third-order valence-corrected chi connectivity index (χ3v) is 8.52. The van der Waals surface area contributed by atoms with Gasteiger partial charge >= 0.3 is 0 Å². The van der Waals surface area contributed by atoms with E-state index in [-0.39, 0.29) is 5.41 Å². The zero-order valence-electron chi connectivity index (χ0n) is 19.5. The third kappa shape index (κ3) is 1.89. The van der Waals surface area contributed by atoms with Gasteiger partial charge in [-0.1, -0.05) is 80.6 Å². The van der Waals surface area contributed by atoms with Crippen LogP contribution in [-0.2, 0) is 5.41 Å². The van der Waals surface area contributed by atoms with Crippen molar-refractivity contribution in [3.63, 3.8) is 0 Å². The van der Waals surface area contributed by atoms with Gasteiger partial charge in [-0.3, -0.25) is 0 Å². The molecule has 8 aromatic rings. The van der Waals surface area contributed by atoms with Gasteiger partial charge < -0.3 is 8.82 Å². The second-order valence-electron chi connectivity index (χ2n) is 10.5. The molecule has 0 N–H and O–H groups in total. The number of hydrogen-bond donors (Lipinski definition) is 0. The first kappa shape index (κ1) is 18.1. The van der Waals surface area contributed by atoms with Gasteiger partial charge in [0.1, 0.15) is 11.2 Å². The normalized spacial score (nSPS) is 14.8. The average Bonchev–Trinajstić information content (AvgIpc) is 3.58. The molecule has 0 spiro atoms. The lowest BCUT2D eigenvalue weighted by molar-refractivity contribution is 0.661. The van der Waals surface area contributed by atoms with Gasteiger partial charge in [0, 0.05) is 32.3 Å². The van der Waals surface area contributed by atoms with Crippen molar-refractivity contribution in [2.45, 2.75) is 19.3 Å². The van der Waals surface area contributed by atoms with Crippen molar-refractivity contribution in [2.75, 3.05) is 0 Å². The van der Waals surface area contributed by atoms with Crippen molar-refractivity contribution in [1.29, 1.82) is 0 Å². The number of rotatable bonds is 0. The van der Waals surface area contributed by atoms with Crippen LogP contribution in [0.15, 0.2) is 95.4 Å². The summed E-state index contributed by atoms with van der Waals surface area (Å²) in [4.78, 5) is 0. The fourth-order valence-corrected chi connectivity index (χ4v) is 7.01. The number of fused-ring (bicyclic) bond motifs is 14. The predicted octanol–water partition coefficient (Wildman–Crippen LogP) is 9.04. The van der Waals surface area contributed by atoms with E-state index in [1.54, 1.807) is 0 Å². The number of furan rings is 1. The van der Waals surface area contributed by atoms with E-state index >= 15 is 0 Å². The summed E-state index contributed by atoms with van der Waals surface area (Å²) in [6.07, 6.45) is 0. The molecule has 0 bridgehead atoms. The van der Waals surface area contributed by atoms with E-state index < -0.39 is 0 Å². The minimum Gasteiger partial charge on any atom is -0.455 e. The Balaban J connectivity index is 1.67. The monoisotopic (exact) mass is 447 g/mol. The molecular formula is C33H21NO. The SMILES string of the molecule is CC1(C)c2ccccc2-c2c1ccc1c2c2c3oc4ccccc4c3cc3c4ccccc4n1c32. The molecule has 0 unspecified atom stereocenters. The molecule has 3 heterocycles. The molecule has 0 fully saturated rings. The van der Waals surface area contributed by atoms with Crippen LogP contribution in [0.4, 0.5) is 0 Å². The summed E-state index contributed by atoms with van der Waals surface area (Å²) in [5.74, 6) is 0. The molecule has 35 heavy (non-hydrogen) atoms. The van der Waals surface area contributed by atoms with Crippen molar-refractivity contribution in [2.24, 2.45) is 0 Å². The van der Waals surface area contributed by atoms with E-state index in [0.29, 0.717) is 0 Å².